The Kier molecular flexibility index (Phi) is 5.59. The highest BCUT2D eigenvalue weighted by Gasteiger charge is 2.33. The molecule has 2 unspecified atom stereocenters. The number of halogens is 1. The van der Waals surface area contributed by atoms with Gasteiger partial charge in [-0.05, 0) is 37.5 Å². The molecule has 0 saturated heterocycles. The zero-order chi connectivity index (χ0) is 21.3. The lowest BCUT2D eigenvalue weighted by molar-refractivity contribution is 0.0860. The van der Waals surface area contributed by atoms with Crippen LogP contribution in [0.25, 0.3) is 5.57 Å². The molecule has 1 amide bonds. The summed E-state index contributed by atoms with van der Waals surface area (Å²) in [6.07, 6.45) is 6.79. The number of allylic oxidation sites excluding steroid dienone is 6. The van der Waals surface area contributed by atoms with Crippen LogP contribution in [0.1, 0.15) is 42.7 Å². The van der Waals surface area contributed by atoms with Crippen LogP contribution in [-0.2, 0) is 4.74 Å². The Hall–Kier alpha value is -3.12. The van der Waals surface area contributed by atoms with Gasteiger partial charge in [0.2, 0.25) is 5.76 Å². The Morgan fingerprint density at radius 2 is 1.90 bits per heavy atom. The van der Waals surface area contributed by atoms with E-state index in [1.54, 1.807) is 0 Å². The molecular weight excluding hydrogens is 402 g/mol. The van der Waals surface area contributed by atoms with Gasteiger partial charge in [0.25, 0.3) is 6.23 Å². The molecule has 0 fully saturated rings. The van der Waals surface area contributed by atoms with E-state index in [-0.39, 0.29) is 5.92 Å². The number of nitrogens with one attached hydrogen (secondary N) is 1. The van der Waals surface area contributed by atoms with E-state index in [0.29, 0.717) is 28.7 Å². The summed E-state index contributed by atoms with van der Waals surface area (Å²) < 4.78 is 11.2. The second-order valence-electron chi connectivity index (χ2n) is 7.18. The third-order valence-electron chi connectivity index (χ3n) is 4.96. The molecule has 154 valence electrons. The summed E-state index contributed by atoms with van der Waals surface area (Å²) in [6.45, 7) is 6.25. The van der Waals surface area contributed by atoms with Crippen LogP contribution in [0.4, 0.5) is 4.79 Å². The molecule has 6 nitrogen and oxygen atoms in total. The highest BCUT2D eigenvalue weighted by Crippen LogP contribution is 2.39. The summed E-state index contributed by atoms with van der Waals surface area (Å²) in [7, 11) is 0. The van der Waals surface area contributed by atoms with Crippen LogP contribution >= 0.6 is 11.6 Å². The van der Waals surface area contributed by atoms with Crippen LogP contribution in [0.2, 0.25) is 5.02 Å². The van der Waals surface area contributed by atoms with E-state index in [2.05, 4.69) is 41.7 Å². The molecule has 1 aromatic heterocycles. The standard InChI is InChI=1S/C23H22ClN3O3/c1-4-25-23(28)29-22-21-19(14(3)27-30-21)17-11-5-13(2)6-12-18(17)20(26-22)15-7-9-16(24)10-8-15/h5-13,22H,4H2,1-3H3,(H,25,28). The number of aryl methyl sites for hydroxylation is 1. The second kappa shape index (κ2) is 8.32. The fourth-order valence-electron chi connectivity index (χ4n) is 3.50. The third-order valence-corrected chi connectivity index (χ3v) is 5.22. The maximum absolute atomic E-state index is 12.2. The topological polar surface area (TPSA) is 76.7 Å². The maximum atomic E-state index is 12.2. The number of alkyl carbamates (subject to hydrolysis) is 1. The molecule has 30 heavy (non-hydrogen) atoms. The van der Waals surface area contributed by atoms with Crippen molar-refractivity contribution in [3.8, 4) is 0 Å². The van der Waals surface area contributed by atoms with E-state index in [9.17, 15) is 4.79 Å². The molecule has 0 radical (unpaired) electrons. The molecule has 2 atom stereocenters. The van der Waals surface area contributed by atoms with E-state index < -0.39 is 12.3 Å². The summed E-state index contributed by atoms with van der Waals surface area (Å²) in [5, 5.41) is 7.40. The monoisotopic (exact) mass is 423 g/mol. The minimum atomic E-state index is -0.968. The number of rotatable bonds is 3. The van der Waals surface area contributed by atoms with Gasteiger partial charge < -0.3 is 14.6 Å². The van der Waals surface area contributed by atoms with Gasteiger partial charge in [0, 0.05) is 22.7 Å². The van der Waals surface area contributed by atoms with Gasteiger partial charge in [-0.1, -0.05) is 60.1 Å². The van der Waals surface area contributed by atoms with Gasteiger partial charge in [0.15, 0.2) is 0 Å². The summed E-state index contributed by atoms with van der Waals surface area (Å²) in [4.78, 5) is 17.0. The molecule has 2 heterocycles. The number of fused-ring (bicyclic) bond motifs is 2. The van der Waals surface area contributed by atoms with E-state index in [1.807, 2.05) is 38.1 Å². The first-order valence-electron chi connectivity index (χ1n) is 9.83. The maximum Gasteiger partial charge on any atom is 0.409 e. The van der Waals surface area contributed by atoms with E-state index in [0.717, 1.165) is 22.3 Å². The van der Waals surface area contributed by atoms with Gasteiger partial charge in [-0.25, -0.2) is 9.79 Å². The van der Waals surface area contributed by atoms with Crippen LogP contribution in [0, 0.1) is 12.8 Å². The molecule has 0 spiro atoms. The summed E-state index contributed by atoms with van der Waals surface area (Å²) >= 11 is 6.10. The van der Waals surface area contributed by atoms with Crippen LogP contribution in [-0.4, -0.2) is 23.5 Å². The Morgan fingerprint density at radius 1 is 1.20 bits per heavy atom. The SMILES string of the molecule is CCNC(=O)OC1N=C(c2ccc(Cl)cc2)C2=C(C=CC(C)C=C2)c2c(C)noc21. The Balaban J connectivity index is 1.94. The van der Waals surface area contributed by atoms with Crippen molar-refractivity contribution in [3.63, 3.8) is 0 Å². The number of carbonyl (C=O) groups is 1. The molecule has 2 aliphatic rings. The molecule has 7 heteroatoms. The van der Waals surface area contributed by atoms with Crippen molar-refractivity contribution >= 4 is 29.0 Å². The van der Waals surface area contributed by atoms with Crippen molar-refractivity contribution in [1.29, 1.82) is 0 Å². The van der Waals surface area contributed by atoms with Gasteiger partial charge in [0.1, 0.15) is 0 Å². The molecular formula is C23H22ClN3O3. The molecule has 1 aliphatic carbocycles. The molecule has 0 bridgehead atoms. The summed E-state index contributed by atoms with van der Waals surface area (Å²) in [5.74, 6) is 0.664. The zero-order valence-electron chi connectivity index (χ0n) is 17.0. The van der Waals surface area contributed by atoms with Crippen LogP contribution in [0.5, 0.6) is 0 Å². The predicted octanol–water partition coefficient (Wildman–Crippen LogP) is 5.40. The number of aliphatic imine (C=N–C) groups is 1. The number of nitrogens with zero attached hydrogens (tertiary/aromatic N) is 2. The highest BCUT2D eigenvalue weighted by atomic mass is 35.5. The average molecular weight is 424 g/mol. The molecule has 1 N–H and O–H groups in total. The largest absolute Gasteiger partial charge is 0.416 e. The van der Waals surface area contributed by atoms with E-state index in [1.165, 1.54) is 0 Å². The van der Waals surface area contributed by atoms with Gasteiger partial charge in [-0.15, -0.1) is 0 Å². The van der Waals surface area contributed by atoms with Crippen LogP contribution in [0.3, 0.4) is 0 Å². The molecule has 2 aromatic rings. The van der Waals surface area contributed by atoms with Crippen LogP contribution in [0.15, 0.2) is 63.7 Å². The zero-order valence-corrected chi connectivity index (χ0v) is 17.7. The molecule has 0 saturated carbocycles. The van der Waals surface area contributed by atoms with Crippen molar-refractivity contribution in [2.45, 2.75) is 27.0 Å². The van der Waals surface area contributed by atoms with Crippen molar-refractivity contribution in [3.05, 3.63) is 81.7 Å². The lowest BCUT2D eigenvalue weighted by Gasteiger charge is -2.14. The molecule has 1 aromatic carbocycles. The number of aromatic nitrogens is 1. The van der Waals surface area contributed by atoms with Crippen molar-refractivity contribution < 1.29 is 14.1 Å². The quantitative estimate of drug-likeness (QED) is 0.717. The van der Waals surface area contributed by atoms with Gasteiger partial charge >= 0.3 is 6.09 Å². The number of hydrogen-bond acceptors (Lipinski definition) is 5. The highest BCUT2D eigenvalue weighted by molar-refractivity contribution is 6.30. The summed E-state index contributed by atoms with van der Waals surface area (Å²) in [6, 6.07) is 7.43. The van der Waals surface area contributed by atoms with Crippen molar-refractivity contribution in [2.24, 2.45) is 10.9 Å². The second-order valence-corrected chi connectivity index (χ2v) is 7.62. The summed E-state index contributed by atoms with van der Waals surface area (Å²) in [5.41, 5.74) is 4.90. The third kappa shape index (κ3) is 3.83. The number of benzene rings is 1. The first-order valence-corrected chi connectivity index (χ1v) is 10.2. The lowest BCUT2D eigenvalue weighted by atomic mass is 9.93. The lowest BCUT2D eigenvalue weighted by Crippen LogP contribution is -2.25. The minimum Gasteiger partial charge on any atom is -0.416 e. The molecule has 1 aliphatic heterocycles. The van der Waals surface area contributed by atoms with Crippen molar-refractivity contribution in [1.82, 2.24) is 10.5 Å². The normalized spacial score (nSPS) is 20.1. The Bertz CT molecular complexity index is 1090. The fourth-order valence-corrected chi connectivity index (χ4v) is 3.62. The first kappa shape index (κ1) is 20.2. The van der Waals surface area contributed by atoms with Gasteiger partial charge in [0.05, 0.1) is 17.0 Å². The Morgan fingerprint density at radius 3 is 2.60 bits per heavy atom. The molecule has 4 rings (SSSR count). The van der Waals surface area contributed by atoms with Gasteiger partial charge in [-0.3, -0.25) is 0 Å². The van der Waals surface area contributed by atoms with Gasteiger partial charge in [-0.2, -0.15) is 0 Å². The number of carbonyl (C=O) groups excluding carboxylic acids is 1. The average Bonchev–Trinajstić information content (AvgIpc) is 2.92. The van der Waals surface area contributed by atoms with Crippen LogP contribution < -0.4 is 5.32 Å². The smallest absolute Gasteiger partial charge is 0.409 e. The fraction of sp³-hybridized carbons (Fsp3) is 0.261. The van der Waals surface area contributed by atoms with E-state index >= 15 is 0 Å². The predicted molar refractivity (Wildman–Crippen MR) is 116 cm³/mol. The minimum absolute atomic E-state index is 0.259. The van der Waals surface area contributed by atoms with Crippen molar-refractivity contribution in [2.75, 3.05) is 6.54 Å². The first-order chi connectivity index (χ1) is 14.5. The Labute approximate surface area is 180 Å². The number of hydrogen-bond donors (Lipinski definition) is 1. The number of amides is 1. The van der Waals surface area contributed by atoms with E-state index in [4.69, 9.17) is 25.9 Å². The number of ether oxygens (including phenoxy) is 1.